The maximum absolute atomic E-state index is 13.7. The second-order valence-corrected chi connectivity index (χ2v) is 11.5. The SMILES string of the molecule is CC(=O)OCC1=C(C(=O)O)N2C(=O)[C@@H](NC(=O)C(NC(=O)c3coc4cc(O)c(O)cc4c3=O)c3ccc(OCC(=O)O)cc3)[C@@H]2SC1. The Morgan fingerprint density at radius 1 is 1.06 bits per heavy atom. The van der Waals surface area contributed by atoms with Gasteiger partial charge in [-0.3, -0.25) is 28.9 Å². The molecule has 250 valence electrons. The highest BCUT2D eigenvalue weighted by Gasteiger charge is 2.54. The molecule has 18 heteroatoms. The van der Waals surface area contributed by atoms with E-state index < -0.39 is 82.2 Å². The number of rotatable bonds is 11. The third-order valence-corrected chi connectivity index (χ3v) is 8.56. The topological polar surface area (TPSA) is 259 Å². The Morgan fingerprint density at radius 2 is 1.75 bits per heavy atom. The van der Waals surface area contributed by atoms with Gasteiger partial charge < -0.3 is 45.0 Å². The van der Waals surface area contributed by atoms with Crippen LogP contribution in [0, 0.1) is 0 Å². The number of aromatic hydroxyl groups is 2. The van der Waals surface area contributed by atoms with Crippen molar-refractivity contribution in [1.82, 2.24) is 15.5 Å². The van der Waals surface area contributed by atoms with Gasteiger partial charge >= 0.3 is 17.9 Å². The van der Waals surface area contributed by atoms with Crippen molar-refractivity contribution < 1.29 is 63.1 Å². The zero-order valence-electron chi connectivity index (χ0n) is 24.6. The minimum absolute atomic E-state index is 0.0682. The van der Waals surface area contributed by atoms with Crippen LogP contribution in [0.15, 0.2) is 63.1 Å². The van der Waals surface area contributed by atoms with Crippen molar-refractivity contribution >= 4 is 58.4 Å². The van der Waals surface area contributed by atoms with E-state index in [2.05, 4.69) is 10.6 Å². The average Bonchev–Trinajstić information content (AvgIpc) is 3.04. The first-order chi connectivity index (χ1) is 22.8. The fourth-order valence-corrected chi connectivity index (χ4v) is 6.27. The summed E-state index contributed by atoms with van der Waals surface area (Å²) >= 11 is 1.12. The fourth-order valence-electron chi connectivity index (χ4n) is 4.94. The van der Waals surface area contributed by atoms with Gasteiger partial charge in [0, 0.05) is 24.3 Å². The average molecular weight is 684 g/mol. The number of aliphatic carboxylic acids is 2. The van der Waals surface area contributed by atoms with Crippen LogP contribution in [0.1, 0.15) is 28.9 Å². The number of nitrogens with one attached hydrogen (secondary N) is 2. The van der Waals surface area contributed by atoms with E-state index in [-0.39, 0.29) is 45.9 Å². The third kappa shape index (κ3) is 6.59. The Bertz CT molecular complexity index is 1950. The molecule has 1 saturated heterocycles. The number of fused-ring (bicyclic) bond motifs is 2. The summed E-state index contributed by atoms with van der Waals surface area (Å²) in [5.41, 5.74) is -1.68. The maximum atomic E-state index is 13.7. The van der Waals surface area contributed by atoms with Gasteiger partial charge in [-0.15, -0.1) is 11.8 Å². The first-order valence-corrected chi connectivity index (χ1v) is 14.9. The second kappa shape index (κ2) is 13.4. The Balaban J connectivity index is 1.42. The van der Waals surface area contributed by atoms with Gasteiger partial charge in [0.1, 0.15) is 52.9 Å². The first kappa shape index (κ1) is 33.3. The van der Waals surface area contributed by atoms with Crippen LogP contribution in [0.25, 0.3) is 11.0 Å². The van der Waals surface area contributed by atoms with E-state index in [0.717, 1.165) is 42.0 Å². The quantitative estimate of drug-likeness (QED) is 0.0910. The molecule has 0 bridgehead atoms. The molecule has 0 saturated carbocycles. The smallest absolute Gasteiger partial charge is 0.352 e. The molecule has 3 atom stereocenters. The number of benzene rings is 2. The summed E-state index contributed by atoms with van der Waals surface area (Å²) in [6.45, 7) is 0.149. The lowest BCUT2D eigenvalue weighted by molar-refractivity contribution is -0.151. The molecule has 1 fully saturated rings. The molecular formula is C30H25N3O14S. The molecule has 5 rings (SSSR count). The number of nitrogens with zero attached hydrogens (tertiary/aromatic N) is 1. The molecule has 48 heavy (non-hydrogen) atoms. The van der Waals surface area contributed by atoms with Gasteiger partial charge in [0.05, 0.1) is 5.39 Å². The number of hydrogen-bond acceptors (Lipinski definition) is 13. The number of ether oxygens (including phenoxy) is 2. The lowest BCUT2D eigenvalue weighted by Crippen LogP contribution is -2.71. The second-order valence-electron chi connectivity index (χ2n) is 10.4. The number of carboxylic acids is 2. The maximum Gasteiger partial charge on any atom is 0.352 e. The molecule has 1 aromatic heterocycles. The lowest BCUT2D eigenvalue weighted by atomic mass is 10.0. The summed E-state index contributed by atoms with van der Waals surface area (Å²) in [5.74, 6) is -7.15. The molecule has 3 heterocycles. The zero-order chi connectivity index (χ0) is 34.9. The van der Waals surface area contributed by atoms with Crippen LogP contribution in [0.3, 0.4) is 0 Å². The van der Waals surface area contributed by atoms with E-state index in [1.807, 2.05) is 0 Å². The van der Waals surface area contributed by atoms with Crippen LogP contribution < -0.4 is 20.8 Å². The van der Waals surface area contributed by atoms with E-state index in [1.165, 1.54) is 24.3 Å². The number of esters is 1. The highest BCUT2D eigenvalue weighted by Crippen LogP contribution is 2.40. The monoisotopic (exact) mass is 683 g/mol. The van der Waals surface area contributed by atoms with Crippen LogP contribution in [-0.4, -0.2) is 91.3 Å². The molecule has 3 amide bonds. The Kier molecular flexibility index (Phi) is 9.28. The minimum Gasteiger partial charge on any atom is -0.504 e. The molecule has 6 N–H and O–H groups in total. The zero-order valence-corrected chi connectivity index (χ0v) is 25.4. The molecular weight excluding hydrogens is 658 g/mol. The molecule has 2 aliphatic heterocycles. The summed E-state index contributed by atoms with van der Waals surface area (Å²) in [6, 6.07) is 4.40. The number of amides is 3. The predicted molar refractivity (Wildman–Crippen MR) is 162 cm³/mol. The predicted octanol–water partition coefficient (Wildman–Crippen LogP) is 0.440. The lowest BCUT2D eigenvalue weighted by Gasteiger charge is -2.49. The molecule has 2 aromatic carbocycles. The summed E-state index contributed by atoms with van der Waals surface area (Å²) in [5, 5.41) is 42.0. The van der Waals surface area contributed by atoms with E-state index in [4.69, 9.17) is 19.0 Å². The van der Waals surface area contributed by atoms with Gasteiger partial charge in [-0.25, -0.2) is 9.59 Å². The summed E-state index contributed by atoms with van der Waals surface area (Å²) < 4.78 is 15.3. The van der Waals surface area contributed by atoms with Gasteiger partial charge in [-0.1, -0.05) is 12.1 Å². The van der Waals surface area contributed by atoms with E-state index >= 15 is 0 Å². The van der Waals surface area contributed by atoms with Crippen LogP contribution >= 0.6 is 11.8 Å². The number of phenolic OH excluding ortho intramolecular Hbond substituents is 2. The van der Waals surface area contributed by atoms with Crippen molar-refractivity contribution in [3.8, 4) is 17.2 Å². The summed E-state index contributed by atoms with van der Waals surface area (Å²) in [7, 11) is 0. The number of carbonyl (C=O) groups excluding carboxylic acids is 4. The van der Waals surface area contributed by atoms with Crippen molar-refractivity contribution in [3.05, 3.63) is 75.3 Å². The minimum atomic E-state index is -1.57. The third-order valence-electron chi connectivity index (χ3n) is 7.22. The molecule has 3 aromatic rings. The Labute approximate surface area is 272 Å². The largest absolute Gasteiger partial charge is 0.504 e. The van der Waals surface area contributed by atoms with Crippen molar-refractivity contribution in [2.45, 2.75) is 24.4 Å². The van der Waals surface area contributed by atoms with Crippen LogP contribution in [0.2, 0.25) is 0 Å². The van der Waals surface area contributed by atoms with Gasteiger partial charge in [0.15, 0.2) is 18.1 Å². The van der Waals surface area contributed by atoms with Crippen LogP contribution in [0.5, 0.6) is 17.2 Å². The highest BCUT2D eigenvalue weighted by molar-refractivity contribution is 8.00. The van der Waals surface area contributed by atoms with Crippen LogP contribution in [-0.2, 0) is 28.7 Å². The van der Waals surface area contributed by atoms with Gasteiger partial charge in [0.2, 0.25) is 11.3 Å². The highest BCUT2D eigenvalue weighted by atomic mass is 32.2. The Hall–Kier alpha value is -6.04. The number of phenols is 2. The van der Waals surface area contributed by atoms with Crippen molar-refractivity contribution in [3.63, 3.8) is 0 Å². The van der Waals surface area contributed by atoms with Crippen LogP contribution in [0.4, 0.5) is 0 Å². The van der Waals surface area contributed by atoms with Gasteiger partial charge in [-0.2, -0.15) is 0 Å². The van der Waals surface area contributed by atoms with E-state index in [0.29, 0.717) is 0 Å². The molecule has 1 unspecified atom stereocenters. The van der Waals surface area contributed by atoms with Crippen molar-refractivity contribution in [2.24, 2.45) is 0 Å². The van der Waals surface area contributed by atoms with Gasteiger partial charge in [0.25, 0.3) is 11.8 Å². The first-order valence-electron chi connectivity index (χ1n) is 13.8. The number of thioether (sulfide) groups is 1. The number of hydrogen-bond donors (Lipinski definition) is 6. The van der Waals surface area contributed by atoms with Gasteiger partial charge in [-0.05, 0) is 23.8 Å². The number of β-lactam (4-membered cyclic amide) rings is 1. The normalized spacial score (nSPS) is 17.5. The number of carboxylic acid groups (broad SMARTS) is 2. The summed E-state index contributed by atoms with van der Waals surface area (Å²) in [4.78, 5) is 88.5. The van der Waals surface area contributed by atoms with E-state index in [9.17, 15) is 48.9 Å². The standard InChI is InChI=1S/C30H25N3O14S/c1-12(34)45-8-14-11-48-29-23(28(42)33(29)24(14)30(43)44)32-27(41)22(13-2-4-15(5-3-13)46-10-21(37)38)31-26(40)17-9-47-20-7-19(36)18(35)6-16(20)25(17)39/h2-7,9,22-23,29,35-36H,8,10-11H2,1H3,(H,31,40)(H,32,41)(H,37,38)(H,43,44)/t22?,23-,29+/m1/s1. The summed E-state index contributed by atoms with van der Waals surface area (Å²) in [6.07, 6.45) is 0.799. The Morgan fingerprint density at radius 3 is 2.40 bits per heavy atom. The van der Waals surface area contributed by atoms with Crippen molar-refractivity contribution in [1.29, 1.82) is 0 Å². The molecule has 0 spiro atoms. The molecule has 2 aliphatic rings. The van der Waals surface area contributed by atoms with E-state index in [1.54, 1.807) is 0 Å². The molecule has 0 radical (unpaired) electrons. The number of carbonyl (C=O) groups is 6. The van der Waals surface area contributed by atoms with Crippen molar-refractivity contribution in [2.75, 3.05) is 19.0 Å². The molecule has 0 aliphatic carbocycles. The fraction of sp³-hybridized carbons (Fsp3) is 0.233. The molecule has 17 nitrogen and oxygen atoms in total.